The molecule has 1 aliphatic heterocycles. The Kier molecular flexibility index (Phi) is 5.28. The number of rotatable bonds is 6. The zero-order valence-corrected chi connectivity index (χ0v) is 14.8. The number of hydrogen-bond acceptors (Lipinski definition) is 4. The van der Waals surface area contributed by atoms with Crippen molar-refractivity contribution in [2.45, 2.75) is 52.2 Å². The number of aliphatic hydroxyl groups is 2. The van der Waals surface area contributed by atoms with Crippen LogP contribution in [0.2, 0.25) is 0 Å². The van der Waals surface area contributed by atoms with Gasteiger partial charge in [-0.3, -0.25) is 4.90 Å². The van der Waals surface area contributed by atoms with Gasteiger partial charge < -0.3 is 14.6 Å². The molecule has 0 bridgehead atoms. The van der Waals surface area contributed by atoms with E-state index in [1.54, 1.807) is 0 Å². The number of likely N-dealkylation sites (tertiary alicyclic amines) is 1. The van der Waals surface area contributed by atoms with E-state index in [2.05, 4.69) is 30.9 Å². The monoisotopic (exact) mass is 331 g/mol. The predicted octanol–water partition coefficient (Wildman–Crippen LogP) is 3.34. The average molecular weight is 331 g/mol. The van der Waals surface area contributed by atoms with Crippen LogP contribution in [0.5, 0.6) is 0 Å². The first-order chi connectivity index (χ1) is 11.6. The molecule has 0 radical (unpaired) electrons. The van der Waals surface area contributed by atoms with Crippen LogP contribution >= 0.6 is 0 Å². The van der Waals surface area contributed by atoms with Gasteiger partial charge >= 0.3 is 0 Å². The third kappa shape index (κ3) is 3.10. The number of aryl methyl sites for hydroxylation is 1. The molecule has 4 nitrogen and oxygen atoms in total. The first-order valence-electron chi connectivity index (χ1n) is 9.14. The highest BCUT2D eigenvalue weighted by molar-refractivity contribution is 5.82. The van der Waals surface area contributed by atoms with Crippen LogP contribution in [0.3, 0.4) is 0 Å². The van der Waals surface area contributed by atoms with Crippen molar-refractivity contribution in [1.82, 2.24) is 4.90 Å². The van der Waals surface area contributed by atoms with E-state index in [9.17, 15) is 10.2 Å². The number of benzene rings is 1. The first kappa shape index (κ1) is 17.5. The van der Waals surface area contributed by atoms with Gasteiger partial charge in [-0.15, -0.1) is 0 Å². The summed E-state index contributed by atoms with van der Waals surface area (Å²) in [7, 11) is 0. The maximum Gasteiger partial charge on any atom is 0.134 e. The van der Waals surface area contributed by atoms with Crippen LogP contribution in [-0.2, 0) is 13.0 Å². The molecular formula is C20H29NO3. The minimum absolute atomic E-state index is 0.0469. The molecule has 1 fully saturated rings. The van der Waals surface area contributed by atoms with Crippen molar-refractivity contribution >= 4 is 11.0 Å². The third-order valence-corrected chi connectivity index (χ3v) is 5.51. The van der Waals surface area contributed by atoms with Gasteiger partial charge in [-0.1, -0.05) is 38.5 Å². The van der Waals surface area contributed by atoms with Gasteiger partial charge in [-0.05, 0) is 18.9 Å². The van der Waals surface area contributed by atoms with Crippen LogP contribution in [-0.4, -0.2) is 40.9 Å². The van der Waals surface area contributed by atoms with E-state index in [-0.39, 0.29) is 12.0 Å². The molecule has 2 aromatic rings. The number of para-hydroxylation sites is 1. The van der Waals surface area contributed by atoms with Crippen LogP contribution in [0, 0.1) is 5.41 Å². The summed E-state index contributed by atoms with van der Waals surface area (Å²) in [5.41, 5.74) is 1.81. The Morgan fingerprint density at radius 3 is 2.79 bits per heavy atom. The SMILES string of the molecule is CCC[C@@]1(CO)CN(Cc2c(CC)oc3ccccc23)CC[C@@H]1O. The Labute approximate surface area is 144 Å². The summed E-state index contributed by atoms with van der Waals surface area (Å²) in [5.74, 6) is 1.05. The Morgan fingerprint density at radius 1 is 1.29 bits per heavy atom. The Balaban J connectivity index is 1.86. The van der Waals surface area contributed by atoms with Crippen LogP contribution in [0.25, 0.3) is 11.0 Å². The molecule has 2 N–H and O–H groups in total. The quantitative estimate of drug-likeness (QED) is 0.852. The minimum Gasteiger partial charge on any atom is -0.461 e. The number of piperidine rings is 1. The molecule has 2 heterocycles. The van der Waals surface area contributed by atoms with Gasteiger partial charge in [0.2, 0.25) is 0 Å². The average Bonchev–Trinajstić information content (AvgIpc) is 2.96. The van der Waals surface area contributed by atoms with Crippen molar-refractivity contribution in [2.24, 2.45) is 5.41 Å². The summed E-state index contributed by atoms with van der Waals surface area (Å²) in [4.78, 5) is 2.37. The summed E-state index contributed by atoms with van der Waals surface area (Å²) >= 11 is 0. The summed E-state index contributed by atoms with van der Waals surface area (Å²) in [6.45, 7) is 6.69. The second-order valence-corrected chi connectivity index (χ2v) is 7.14. The van der Waals surface area contributed by atoms with Crippen molar-refractivity contribution in [2.75, 3.05) is 19.7 Å². The van der Waals surface area contributed by atoms with Crippen molar-refractivity contribution < 1.29 is 14.6 Å². The smallest absolute Gasteiger partial charge is 0.134 e. The van der Waals surface area contributed by atoms with E-state index < -0.39 is 6.10 Å². The number of aliphatic hydroxyl groups excluding tert-OH is 2. The fraction of sp³-hybridized carbons (Fsp3) is 0.600. The summed E-state index contributed by atoms with van der Waals surface area (Å²) in [5, 5.41) is 21.6. The number of nitrogens with zero attached hydrogens (tertiary/aromatic N) is 1. The lowest BCUT2D eigenvalue weighted by Crippen LogP contribution is -2.53. The zero-order valence-electron chi connectivity index (χ0n) is 14.8. The zero-order chi connectivity index (χ0) is 17.2. The second kappa shape index (κ2) is 7.26. The lowest BCUT2D eigenvalue weighted by atomic mass is 9.74. The maximum absolute atomic E-state index is 10.5. The fourth-order valence-corrected chi connectivity index (χ4v) is 4.19. The van der Waals surface area contributed by atoms with Crippen molar-refractivity contribution in [1.29, 1.82) is 0 Å². The lowest BCUT2D eigenvalue weighted by Gasteiger charge is -2.45. The van der Waals surface area contributed by atoms with E-state index in [4.69, 9.17) is 4.42 Å². The first-order valence-corrected chi connectivity index (χ1v) is 9.14. The molecule has 1 aliphatic rings. The number of furan rings is 1. The summed E-state index contributed by atoms with van der Waals surface area (Å²) in [6.07, 6.45) is 3.01. The Bertz CT molecular complexity index is 681. The standard InChI is InChI=1S/C20H29NO3/c1-3-10-20(14-22)13-21(11-9-19(20)23)12-16-15-7-5-6-8-18(15)24-17(16)4-2/h5-8,19,22-23H,3-4,9-14H2,1-2H3/t19-,20-/m0/s1. The van der Waals surface area contributed by atoms with Gasteiger partial charge in [0.15, 0.2) is 0 Å². The molecule has 3 rings (SSSR count). The molecular weight excluding hydrogens is 302 g/mol. The van der Waals surface area contributed by atoms with E-state index in [0.717, 1.165) is 56.7 Å². The van der Waals surface area contributed by atoms with Gasteiger partial charge in [-0.2, -0.15) is 0 Å². The molecule has 0 saturated carbocycles. The molecule has 0 spiro atoms. The van der Waals surface area contributed by atoms with Gasteiger partial charge in [0.05, 0.1) is 12.7 Å². The molecule has 132 valence electrons. The largest absolute Gasteiger partial charge is 0.461 e. The van der Waals surface area contributed by atoms with Crippen LogP contribution < -0.4 is 0 Å². The summed E-state index contributed by atoms with van der Waals surface area (Å²) in [6, 6.07) is 8.20. The molecule has 4 heteroatoms. The fourth-order valence-electron chi connectivity index (χ4n) is 4.19. The predicted molar refractivity (Wildman–Crippen MR) is 95.9 cm³/mol. The highest BCUT2D eigenvalue weighted by Gasteiger charge is 2.41. The Morgan fingerprint density at radius 2 is 2.08 bits per heavy atom. The van der Waals surface area contributed by atoms with E-state index in [1.165, 1.54) is 10.9 Å². The molecule has 0 aliphatic carbocycles. The molecule has 2 atom stereocenters. The van der Waals surface area contributed by atoms with Gasteiger partial charge in [-0.25, -0.2) is 0 Å². The van der Waals surface area contributed by atoms with E-state index in [0.29, 0.717) is 0 Å². The molecule has 0 unspecified atom stereocenters. The molecule has 1 saturated heterocycles. The molecule has 1 aromatic carbocycles. The van der Waals surface area contributed by atoms with Crippen molar-refractivity contribution in [3.63, 3.8) is 0 Å². The van der Waals surface area contributed by atoms with Gasteiger partial charge in [0.25, 0.3) is 0 Å². The number of fused-ring (bicyclic) bond motifs is 1. The van der Waals surface area contributed by atoms with Crippen LogP contribution in [0.1, 0.15) is 44.4 Å². The van der Waals surface area contributed by atoms with Crippen LogP contribution in [0.15, 0.2) is 28.7 Å². The Hall–Kier alpha value is -1.36. The van der Waals surface area contributed by atoms with Gasteiger partial charge in [0, 0.05) is 42.4 Å². The minimum atomic E-state index is -0.412. The van der Waals surface area contributed by atoms with Crippen molar-refractivity contribution in [3.05, 3.63) is 35.6 Å². The molecule has 0 amide bonds. The highest BCUT2D eigenvalue weighted by Crippen LogP contribution is 2.36. The molecule has 1 aromatic heterocycles. The highest BCUT2D eigenvalue weighted by atomic mass is 16.3. The van der Waals surface area contributed by atoms with E-state index in [1.807, 2.05) is 12.1 Å². The second-order valence-electron chi connectivity index (χ2n) is 7.14. The molecule has 24 heavy (non-hydrogen) atoms. The third-order valence-electron chi connectivity index (χ3n) is 5.51. The topological polar surface area (TPSA) is 56.8 Å². The van der Waals surface area contributed by atoms with E-state index >= 15 is 0 Å². The van der Waals surface area contributed by atoms with Crippen molar-refractivity contribution in [3.8, 4) is 0 Å². The maximum atomic E-state index is 10.5. The normalized spacial score (nSPS) is 25.4. The lowest BCUT2D eigenvalue weighted by molar-refractivity contribution is -0.0819. The van der Waals surface area contributed by atoms with Gasteiger partial charge in [0.1, 0.15) is 11.3 Å². The summed E-state index contributed by atoms with van der Waals surface area (Å²) < 4.78 is 6.01. The number of hydrogen-bond donors (Lipinski definition) is 2. The van der Waals surface area contributed by atoms with Crippen LogP contribution in [0.4, 0.5) is 0 Å².